The van der Waals surface area contributed by atoms with E-state index < -0.39 is 0 Å². The monoisotopic (exact) mass is 241 g/mol. The zero-order chi connectivity index (χ0) is 12.8. The highest BCUT2D eigenvalue weighted by Gasteiger charge is 2.35. The molecule has 3 nitrogen and oxygen atoms in total. The van der Waals surface area contributed by atoms with E-state index in [4.69, 9.17) is 0 Å². The van der Waals surface area contributed by atoms with Crippen LogP contribution in [-0.4, -0.2) is 59.8 Å². The smallest absolute Gasteiger partial charge is 0.119 e. The molecule has 0 aliphatic carbocycles. The Hall–Kier alpha value is -0.120. The van der Waals surface area contributed by atoms with Crippen LogP contribution in [0.25, 0.3) is 0 Å². The van der Waals surface area contributed by atoms with Gasteiger partial charge in [-0.25, -0.2) is 0 Å². The highest BCUT2D eigenvalue weighted by atomic mass is 15.5. The molecule has 0 spiro atoms. The van der Waals surface area contributed by atoms with Crippen molar-refractivity contribution in [2.45, 2.75) is 59.8 Å². The fraction of sp³-hybridized carbons (Fsp3) is 1.00. The summed E-state index contributed by atoms with van der Waals surface area (Å²) in [7, 11) is 0. The first-order valence-corrected chi connectivity index (χ1v) is 7.47. The zero-order valence-corrected chi connectivity index (χ0v) is 12.4. The van der Waals surface area contributed by atoms with E-state index in [1.165, 1.54) is 19.4 Å². The van der Waals surface area contributed by atoms with Gasteiger partial charge in [-0.3, -0.25) is 14.7 Å². The van der Waals surface area contributed by atoms with Gasteiger partial charge < -0.3 is 0 Å². The average molecular weight is 241 g/mol. The van der Waals surface area contributed by atoms with Crippen molar-refractivity contribution in [3.8, 4) is 0 Å². The number of nitrogens with zero attached hydrogens (tertiary/aromatic N) is 3. The maximum atomic E-state index is 2.69. The minimum atomic E-state index is 0.527. The van der Waals surface area contributed by atoms with Crippen molar-refractivity contribution in [3.05, 3.63) is 0 Å². The first-order valence-electron chi connectivity index (χ1n) is 7.47. The molecule has 0 amide bonds. The molecule has 1 fully saturated rings. The Labute approximate surface area is 108 Å². The van der Waals surface area contributed by atoms with Gasteiger partial charge in [0.1, 0.15) is 6.29 Å². The van der Waals surface area contributed by atoms with E-state index in [0.717, 1.165) is 32.2 Å². The van der Waals surface area contributed by atoms with Gasteiger partial charge in [0.2, 0.25) is 0 Å². The lowest BCUT2D eigenvalue weighted by atomic mass is 10.1. The van der Waals surface area contributed by atoms with Crippen LogP contribution in [0.5, 0.6) is 0 Å². The molecule has 2 unspecified atom stereocenters. The van der Waals surface area contributed by atoms with E-state index in [1.54, 1.807) is 0 Å². The summed E-state index contributed by atoms with van der Waals surface area (Å²) < 4.78 is 0. The summed E-state index contributed by atoms with van der Waals surface area (Å²) in [5.41, 5.74) is 0. The van der Waals surface area contributed by atoms with Crippen LogP contribution in [0.15, 0.2) is 0 Å². The molecular formula is C14H31N3. The van der Waals surface area contributed by atoms with Crippen LogP contribution >= 0.6 is 0 Å². The Morgan fingerprint density at radius 3 is 2.06 bits per heavy atom. The van der Waals surface area contributed by atoms with Gasteiger partial charge in [0.25, 0.3) is 0 Å². The molecule has 1 rings (SSSR count). The number of hydrogen-bond donors (Lipinski definition) is 0. The fourth-order valence-corrected chi connectivity index (χ4v) is 3.17. The van der Waals surface area contributed by atoms with E-state index in [1.807, 2.05) is 0 Å². The van der Waals surface area contributed by atoms with Crippen molar-refractivity contribution in [1.29, 1.82) is 0 Å². The average Bonchev–Trinajstić information content (AvgIpc) is 2.39. The summed E-state index contributed by atoms with van der Waals surface area (Å²) in [6.45, 7) is 17.3. The summed E-state index contributed by atoms with van der Waals surface area (Å²) in [5.74, 6) is 0. The van der Waals surface area contributed by atoms with Gasteiger partial charge in [0.05, 0.1) is 0 Å². The molecule has 102 valence electrons. The second-order valence-electron chi connectivity index (χ2n) is 4.88. The minimum absolute atomic E-state index is 0.527. The van der Waals surface area contributed by atoms with Gasteiger partial charge >= 0.3 is 0 Å². The Morgan fingerprint density at radius 2 is 1.65 bits per heavy atom. The summed E-state index contributed by atoms with van der Waals surface area (Å²) in [6, 6.07) is 0.772. The van der Waals surface area contributed by atoms with E-state index >= 15 is 0 Å². The molecule has 0 radical (unpaired) electrons. The van der Waals surface area contributed by atoms with E-state index in [9.17, 15) is 0 Å². The molecule has 2 atom stereocenters. The summed E-state index contributed by atoms with van der Waals surface area (Å²) in [6.07, 6.45) is 3.14. The molecule has 0 aromatic carbocycles. The van der Waals surface area contributed by atoms with Gasteiger partial charge in [-0.1, -0.05) is 34.6 Å². The van der Waals surface area contributed by atoms with Gasteiger partial charge in [-0.05, 0) is 39.0 Å². The highest BCUT2D eigenvalue weighted by Crippen LogP contribution is 2.24. The van der Waals surface area contributed by atoms with Crippen LogP contribution in [-0.2, 0) is 0 Å². The summed E-state index contributed by atoms with van der Waals surface area (Å²) in [4.78, 5) is 7.91. The topological polar surface area (TPSA) is 9.72 Å². The fourth-order valence-electron chi connectivity index (χ4n) is 3.17. The van der Waals surface area contributed by atoms with Crippen molar-refractivity contribution in [3.63, 3.8) is 0 Å². The van der Waals surface area contributed by atoms with Crippen molar-refractivity contribution >= 4 is 0 Å². The summed E-state index contributed by atoms with van der Waals surface area (Å²) in [5, 5.41) is 0. The van der Waals surface area contributed by atoms with Gasteiger partial charge in [-0.15, -0.1) is 0 Å². The predicted octanol–water partition coefficient (Wildman–Crippen LogP) is 2.44. The Bertz CT molecular complexity index is 196. The second kappa shape index (κ2) is 7.34. The molecule has 17 heavy (non-hydrogen) atoms. The van der Waals surface area contributed by atoms with Crippen molar-refractivity contribution in [2.24, 2.45) is 0 Å². The molecule has 1 saturated heterocycles. The maximum Gasteiger partial charge on any atom is 0.119 e. The molecule has 0 aromatic heterocycles. The standard InChI is InChI=1S/C14H31N3/c1-6-13-11-12-16(9-4)14(17(13)10-5)15(7-2)8-3/h13-14H,6-12H2,1-5H3. The van der Waals surface area contributed by atoms with Crippen LogP contribution in [0, 0.1) is 0 Å². The van der Waals surface area contributed by atoms with E-state index in [2.05, 4.69) is 49.3 Å². The maximum absolute atomic E-state index is 2.69. The quantitative estimate of drug-likeness (QED) is 0.707. The zero-order valence-electron chi connectivity index (χ0n) is 12.4. The lowest BCUT2D eigenvalue weighted by molar-refractivity contribution is -0.115. The van der Waals surface area contributed by atoms with Crippen LogP contribution in [0.2, 0.25) is 0 Å². The van der Waals surface area contributed by atoms with Gasteiger partial charge in [-0.2, -0.15) is 0 Å². The highest BCUT2D eigenvalue weighted by molar-refractivity contribution is 4.84. The number of hydrogen-bond acceptors (Lipinski definition) is 3. The SMILES string of the molecule is CCC1CCN(CC)C(N(CC)CC)N1CC. The van der Waals surface area contributed by atoms with Crippen molar-refractivity contribution in [1.82, 2.24) is 14.7 Å². The molecule has 3 heteroatoms. The minimum Gasteiger partial charge on any atom is -0.276 e. The van der Waals surface area contributed by atoms with Gasteiger partial charge in [0, 0.05) is 12.6 Å². The third-order valence-electron chi connectivity index (χ3n) is 4.22. The third kappa shape index (κ3) is 3.21. The molecule has 0 N–H and O–H groups in total. The molecule has 1 heterocycles. The first kappa shape index (κ1) is 14.9. The van der Waals surface area contributed by atoms with Crippen LogP contribution < -0.4 is 0 Å². The predicted molar refractivity (Wildman–Crippen MR) is 75.0 cm³/mol. The largest absolute Gasteiger partial charge is 0.276 e. The van der Waals surface area contributed by atoms with Crippen LogP contribution in [0.4, 0.5) is 0 Å². The third-order valence-corrected chi connectivity index (χ3v) is 4.22. The van der Waals surface area contributed by atoms with Gasteiger partial charge in [0.15, 0.2) is 0 Å². The summed E-state index contributed by atoms with van der Waals surface area (Å²) >= 11 is 0. The lowest BCUT2D eigenvalue weighted by Crippen LogP contribution is -2.64. The van der Waals surface area contributed by atoms with E-state index in [-0.39, 0.29) is 0 Å². The second-order valence-corrected chi connectivity index (χ2v) is 4.88. The molecule has 0 saturated carbocycles. The Morgan fingerprint density at radius 1 is 1.00 bits per heavy atom. The van der Waals surface area contributed by atoms with Crippen molar-refractivity contribution < 1.29 is 0 Å². The molecule has 1 aliphatic heterocycles. The Kier molecular flexibility index (Phi) is 6.45. The molecule has 1 aliphatic rings. The molecule has 0 aromatic rings. The van der Waals surface area contributed by atoms with Crippen LogP contribution in [0.1, 0.15) is 47.5 Å². The van der Waals surface area contributed by atoms with E-state index in [0.29, 0.717) is 6.29 Å². The molecule has 0 bridgehead atoms. The van der Waals surface area contributed by atoms with Crippen LogP contribution in [0.3, 0.4) is 0 Å². The molecular weight excluding hydrogens is 210 g/mol. The normalized spacial score (nSPS) is 27.9. The first-order chi connectivity index (χ1) is 8.23. The Balaban J connectivity index is 2.87. The lowest BCUT2D eigenvalue weighted by Gasteiger charge is -2.51. The number of rotatable bonds is 6. The van der Waals surface area contributed by atoms with Crippen molar-refractivity contribution in [2.75, 3.05) is 32.7 Å².